The number of benzene rings is 1. The number of piperidine rings is 1. The molecule has 3 rings (SSSR count). The molecule has 2 aliphatic rings. The zero-order valence-corrected chi connectivity index (χ0v) is 12.8. The van der Waals surface area contributed by atoms with Crippen LogP contribution in [0.25, 0.3) is 0 Å². The third-order valence-electron chi connectivity index (χ3n) is 4.17. The summed E-state index contributed by atoms with van der Waals surface area (Å²) in [5.41, 5.74) is 0.995. The van der Waals surface area contributed by atoms with Crippen LogP contribution in [0.4, 0.5) is 0 Å². The molecule has 0 unspecified atom stereocenters. The molecule has 0 N–H and O–H groups in total. The second-order valence-corrected chi connectivity index (χ2v) is 6.08. The van der Waals surface area contributed by atoms with Crippen LogP contribution in [0.1, 0.15) is 24.8 Å². The Morgan fingerprint density at radius 1 is 1.14 bits per heavy atom. The number of carbonyl (C=O) groups is 1. The molecule has 0 radical (unpaired) electrons. The minimum atomic E-state index is -0.435. The maximum atomic E-state index is 12.3. The molecule has 5 heteroatoms. The highest BCUT2D eigenvalue weighted by atomic mass is 35.5. The second-order valence-electron chi connectivity index (χ2n) is 5.65. The fourth-order valence-corrected chi connectivity index (χ4v) is 3.02. The lowest BCUT2D eigenvalue weighted by Gasteiger charge is -2.43. The Morgan fingerprint density at radius 3 is 2.38 bits per heavy atom. The molecule has 4 nitrogen and oxygen atoms in total. The molecule has 2 heterocycles. The lowest BCUT2D eigenvalue weighted by atomic mass is 10.0. The fraction of sp³-hybridized carbons (Fsp3) is 0.562. The van der Waals surface area contributed by atoms with Crippen molar-refractivity contribution in [3.8, 4) is 0 Å². The minimum absolute atomic E-state index is 0.156. The molecule has 0 bridgehead atoms. The molecular weight excluding hydrogens is 290 g/mol. The van der Waals surface area contributed by atoms with Crippen LogP contribution in [0, 0.1) is 0 Å². The topological polar surface area (TPSA) is 38.8 Å². The number of hydrogen-bond acceptors (Lipinski definition) is 3. The van der Waals surface area contributed by atoms with Gasteiger partial charge in [0.1, 0.15) is 0 Å². The molecule has 0 saturated carbocycles. The van der Waals surface area contributed by atoms with Gasteiger partial charge in [0.25, 0.3) is 0 Å². The van der Waals surface area contributed by atoms with Crippen molar-refractivity contribution in [2.75, 3.05) is 26.3 Å². The summed E-state index contributed by atoms with van der Waals surface area (Å²) in [6.45, 7) is 2.93. The van der Waals surface area contributed by atoms with E-state index in [2.05, 4.69) is 0 Å². The van der Waals surface area contributed by atoms with Gasteiger partial charge in [0.2, 0.25) is 5.91 Å². The average Bonchev–Trinajstić information content (AvgIpc) is 2.51. The minimum Gasteiger partial charge on any atom is -0.350 e. The third kappa shape index (κ3) is 3.57. The van der Waals surface area contributed by atoms with Gasteiger partial charge in [-0.15, -0.1) is 0 Å². The van der Waals surface area contributed by atoms with Crippen LogP contribution in [-0.2, 0) is 20.7 Å². The summed E-state index contributed by atoms with van der Waals surface area (Å²) >= 11 is 5.86. The van der Waals surface area contributed by atoms with Crippen LogP contribution in [0.3, 0.4) is 0 Å². The first kappa shape index (κ1) is 14.8. The van der Waals surface area contributed by atoms with E-state index in [0.29, 0.717) is 24.5 Å². The highest BCUT2D eigenvalue weighted by molar-refractivity contribution is 6.30. The number of likely N-dealkylation sites (tertiary alicyclic amines) is 1. The lowest BCUT2D eigenvalue weighted by molar-refractivity contribution is -0.282. The highest BCUT2D eigenvalue weighted by Gasteiger charge is 2.39. The molecule has 1 amide bonds. The summed E-state index contributed by atoms with van der Waals surface area (Å²) in [5.74, 6) is -0.280. The molecule has 1 aromatic rings. The van der Waals surface area contributed by atoms with Gasteiger partial charge in [-0.2, -0.15) is 0 Å². The molecule has 2 aliphatic heterocycles. The molecule has 2 saturated heterocycles. The number of rotatable bonds is 2. The Labute approximate surface area is 130 Å². The van der Waals surface area contributed by atoms with Gasteiger partial charge < -0.3 is 14.4 Å². The molecule has 21 heavy (non-hydrogen) atoms. The van der Waals surface area contributed by atoms with Gasteiger partial charge in [0.15, 0.2) is 5.79 Å². The van der Waals surface area contributed by atoms with E-state index in [1.807, 2.05) is 29.2 Å². The van der Waals surface area contributed by atoms with E-state index in [-0.39, 0.29) is 5.91 Å². The van der Waals surface area contributed by atoms with Crippen molar-refractivity contribution >= 4 is 17.5 Å². The first-order valence-electron chi connectivity index (χ1n) is 7.47. The van der Waals surface area contributed by atoms with Gasteiger partial charge in [-0.1, -0.05) is 23.7 Å². The summed E-state index contributed by atoms with van der Waals surface area (Å²) < 4.78 is 11.6. The summed E-state index contributed by atoms with van der Waals surface area (Å²) in [4.78, 5) is 14.2. The van der Waals surface area contributed by atoms with Crippen molar-refractivity contribution in [3.63, 3.8) is 0 Å². The molecular formula is C16H20ClNO3. The van der Waals surface area contributed by atoms with Crippen molar-refractivity contribution in [2.24, 2.45) is 0 Å². The molecule has 114 valence electrons. The third-order valence-corrected chi connectivity index (χ3v) is 4.42. The zero-order valence-electron chi connectivity index (χ0n) is 12.0. The molecule has 0 aromatic heterocycles. The molecule has 0 aliphatic carbocycles. The summed E-state index contributed by atoms with van der Waals surface area (Å²) in [7, 11) is 0. The maximum absolute atomic E-state index is 12.3. The number of carbonyl (C=O) groups excluding carboxylic acids is 1. The van der Waals surface area contributed by atoms with Crippen LogP contribution >= 0.6 is 11.6 Å². The van der Waals surface area contributed by atoms with E-state index in [0.717, 1.165) is 38.0 Å². The van der Waals surface area contributed by atoms with Gasteiger partial charge in [0, 0.05) is 31.0 Å². The van der Waals surface area contributed by atoms with Gasteiger partial charge in [-0.25, -0.2) is 0 Å². The van der Waals surface area contributed by atoms with Crippen LogP contribution in [0.2, 0.25) is 5.02 Å². The lowest BCUT2D eigenvalue weighted by Crippen LogP contribution is -2.51. The van der Waals surface area contributed by atoms with Crippen LogP contribution in [0.5, 0.6) is 0 Å². The maximum Gasteiger partial charge on any atom is 0.226 e. The van der Waals surface area contributed by atoms with Crippen molar-refractivity contribution < 1.29 is 14.3 Å². The summed E-state index contributed by atoms with van der Waals surface area (Å²) in [6.07, 6.45) is 2.91. The predicted molar refractivity (Wildman–Crippen MR) is 80.2 cm³/mol. The Bertz CT molecular complexity index is 487. The Morgan fingerprint density at radius 2 is 1.76 bits per heavy atom. The van der Waals surface area contributed by atoms with E-state index in [1.165, 1.54) is 0 Å². The van der Waals surface area contributed by atoms with Gasteiger partial charge in [0.05, 0.1) is 19.6 Å². The quantitative estimate of drug-likeness (QED) is 0.843. The average molecular weight is 310 g/mol. The van der Waals surface area contributed by atoms with Crippen molar-refractivity contribution in [1.29, 1.82) is 0 Å². The van der Waals surface area contributed by atoms with Crippen molar-refractivity contribution in [2.45, 2.75) is 31.5 Å². The van der Waals surface area contributed by atoms with Gasteiger partial charge in [-0.3, -0.25) is 4.79 Å². The van der Waals surface area contributed by atoms with Gasteiger partial charge >= 0.3 is 0 Å². The Hall–Kier alpha value is -1.10. The largest absolute Gasteiger partial charge is 0.350 e. The number of amides is 1. The van der Waals surface area contributed by atoms with Crippen molar-refractivity contribution in [1.82, 2.24) is 4.90 Å². The van der Waals surface area contributed by atoms with Gasteiger partial charge in [-0.05, 0) is 24.1 Å². The molecule has 1 spiro atoms. The number of halogens is 1. The van der Waals surface area contributed by atoms with Crippen LogP contribution in [-0.4, -0.2) is 42.9 Å². The van der Waals surface area contributed by atoms with Crippen LogP contribution in [0.15, 0.2) is 24.3 Å². The highest BCUT2D eigenvalue weighted by Crippen LogP contribution is 2.30. The molecule has 0 atom stereocenters. The Balaban J connectivity index is 1.54. The van der Waals surface area contributed by atoms with E-state index in [1.54, 1.807) is 0 Å². The SMILES string of the molecule is O=C(Cc1ccc(Cl)cc1)N1CCC2(CC1)OCCCO2. The second kappa shape index (κ2) is 6.34. The molecule has 2 fully saturated rings. The monoisotopic (exact) mass is 309 g/mol. The first-order chi connectivity index (χ1) is 10.2. The number of hydrogen-bond donors (Lipinski definition) is 0. The Kier molecular flexibility index (Phi) is 4.48. The van der Waals surface area contributed by atoms with E-state index in [4.69, 9.17) is 21.1 Å². The van der Waals surface area contributed by atoms with E-state index in [9.17, 15) is 4.79 Å². The van der Waals surface area contributed by atoms with Crippen LogP contribution < -0.4 is 0 Å². The fourth-order valence-electron chi connectivity index (χ4n) is 2.89. The number of ether oxygens (including phenoxy) is 2. The standard InChI is InChI=1S/C16H20ClNO3/c17-14-4-2-13(3-5-14)12-15(19)18-8-6-16(7-9-18)20-10-1-11-21-16/h2-5H,1,6-12H2. The van der Waals surface area contributed by atoms with E-state index >= 15 is 0 Å². The normalized spacial score (nSPS) is 21.5. The first-order valence-corrected chi connectivity index (χ1v) is 7.85. The molecule has 1 aromatic carbocycles. The summed E-state index contributed by atoms with van der Waals surface area (Å²) in [6, 6.07) is 7.44. The van der Waals surface area contributed by atoms with E-state index < -0.39 is 5.79 Å². The predicted octanol–water partition coefficient (Wildman–Crippen LogP) is 2.64. The smallest absolute Gasteiger partial charge is 0.226 e. The summed E-state index contributed by atoms with van der Waals surface area (Å²) in [5, 5.41) is 0.692. The zero-order chi connectivity index (χ0) is 14.7. The van der Waals surface area contributed by atoms with Crippen molar-refractivity contribution in [3.05, 3.63) is 34.9 Å². The number of nitrogens with zero attached hydrogens (tertiary/aromatic N) is 1.